The molecule has 2 heteroatoms. The third-order valence-electron chi connectivity index (χ3n) is 5.11. The predicted octanol–water partition coefficient (Wildman–Crippen LogP) is 6.27. The summed E-state index contributed by atoms with van der Waals surface area (Å²) in [6.45, 7) is 6.01. The van der Waals surface area contributed by atoms with Gasteiger partial charge in [-0.15, -0.1) is 0 Å². The SMILES string of the molecule is Cc1cccc(C)c1OCCCCn1c2ccccc2c2ccccc21. The van der Waals surface area contributed by atoms with E-state index in [-0.39, 0.29) is 0 Å². The molecule has 0 atom stereocenters. The van der Waals surface area contributed by atoms with E-state index in [1.807, 2.05) is 0 Å². The Labute approximate surface area is 155 Å². The predicted molar refractivity (Wildman–Crippen MR) is 110 cm³/mol. The second-order valence-electron chi connectivity index (χ2n) is 6.96. The second kappa shape index (κ2) is 7.25. The maximum absolute atomic E-state index is 6.05. The van der Waals surface area contributed by atoms with Gasteiger partial charge in [-0.3, -0.25) is 0 Å². The Hall–Kier alpha value is -2.74. The molecule has 0 aliphatic heterocycles. The standard InChI is InChI=1S/C24H25NO/c1-18-10-9-11-19(2)24(18)26-17-8-7-16-25-22-14-5-3-12-20(22)21-13-4-6-15-23(21)25/h3-6,9-15H,7-8,16-17H2,1-2H3. The van der Waals surface area contributed by atoms with Gasteiger partial charge in [0, 0.05) is 28.4 Å². The summed E-state index contributed by atoms with van der Waals surface area (Å²) in [5, 5.41) is 2.68. The molecule has 3 aromatic carbocycles. The summed E-state index contributed by atoms with van der Waals surface area (Å²) in [4.78, 5) is 0. The van der Waals surface area contributed by atoms with Crippen LogP contribution in [0.15, 0.2) is 66.7 Å². The van der Waals surface area contributed by atoms with Crippen molar-refractivity contribution in [1.82, 2.24) is 4.57 Å². The monoisotopic (exact) mass is 343 g/mol. The number of unbranched alkanes of at least 4 members (excludes halogenated alkanes) is 1. The van der Waals surface area contributed by atoms with Crippen molar-refractivity contribution in [3.63, 3.8) is 0 Å². The summed E-state index contributed by atoms with van der Waals surface area (Å²) < 4.78 is 8.50. The lowest BCUT2D eigenvalue weighted by atomic mass is 10.1. The Morgan fingerprint density at radius 1 is 0.692 bits per heavy atom. The molecule has 2 nitrogen and oxygen atoms in total. The zero-order valence-corrected chi connectivity index (χ0v) is 15.5. The molecule has 1 aromatic heterocycles. The smallest absolute Gasteiger partial charge is 0.125 e. The lowest BCUT2D eigenvalue weighted by molar-refractivity contribution is 0.300. The van der Waals surface area contributed by atoms with Gasteiger partial charge in [0.05, 0.1) is 6.61 Å². The zero-order valence-electron chi connectivity index (χ0n) is 15.5. The normalized spacial score (nSPS) is 11.3. The highest BCUT2D eigenvalue weighted by atomic mass is 16.5. The highest BCUT2D eigenvalue weighted by Crippen LogP contribution is 2.29. The highest BCUT2D eigenvalue weighted by Gasteiger charge is 2.09. The van der Waals surface area contributed by atoms with E-state index < -0.39 is 0 Å². The number of rotatable bonds is 6. The topological polar surface area (TPSA) is 14.2 Å². The van der Waals surface area contributed by atoms with E-state index in [0.717, 1.165) is 31.7 Å². The fourth-order valence-electron chi connectivity index (χ4n) is 3.82. The van der Waals surface area contributed by atoms with Crippen LogP contribution in [0.5, 0.6) is 5.75 Å². The van der Waals surface area contributed by atoms with Gasteiger partial charge >= 0.3 is 0 Å². The molecule has 1 heterocycles. The first kappa shape index (κ1) is 16.7. The van der Waals surface area contributed by atoms with Gasteiger partial charge in [-0.05, 0) is 49.9 Å². The maximum atomic E-state index is 6.05. The number of aryl methyl sites for hydroxylation is 3. The van der Waals surface area contributed by atoms with Crippen LogP contribution in [0.4, 0.5) is 0 Å². The van der Waals surface area contributed by atoms with E-state index in [2.05, 4.69) is 85.1 Å². The first-order chi connectivity index (χ1) is 12.8. The molecule has 0 fully saturated rings. The van der Waals surface area contributed by atoms with Crippen LogP contribution in [0.1, 0.15) is 24.0 Å². The molecule has 0 bridgehead atoms. The average Bonchev–Trinajstić information content (AvgIpc) is 2.98. The average molecular weight is 343 g/mol. The highest BCUT2D eigenvalue weighted by molar-refractivity contribution is 6.07. The van der Waals surface area contributed by atoms with E-state index in [1.165, 1.54) is 32.9 Å². The maximum Gasteiger partial charge on any atom is 0.125 e. The summed E-state index contributed by atoms with van der Waals surface area (Å²) in [7, 11) is 0. The lowest BCUT2D eigenvalue weighted by Gasteiger charge is -2.12. The minimum Gasteiger partial charge on any atom is -0.493 e. The van der Waals surface area contributed by atoms with Gasteiger partial charge in [-0.1, -0.05) is 54.6 Å². The minimum atomic E-state index is 0.767. The number of hydrogen-bond acceptors (Lipinski definition) is 1. The van der Waals surface area contributed by atoms with Crippen molar-refractivity contribution in [1.29, 1.82) is 0 Å². The fraction of sp³-hybridized carbons (Fsp3) is 0.250. The molecular weight excluding hydrogens is 318 g/mol. The van der Waals surface area contributed by atoms with Crippen LogP contribution >= 0.6 is 0 Å². The van der Waals surface area contributed by atoms with Crippen LogP contribution in [0, 0.1) is 13.8 Å². The number of fused-ring (bicyclic) bond motifs is 3. The molecule has 0 aliphatic carbocycles. The molecule has 0 saturated heterocycles. The first-order valence-electron chi connectivity index (χ1n) is 9.40. The van der Waals surface area contributed by atoms with Crippen molar-refractivity contribution in [3.8, 4) is 5.75 Å². The largest absolute Gasteiger partial charge is 0.493 e. The van der Waals surface area contributed by atoms with Gasteiger partial charge in [-0.25, -0.2) is 0 Å². The van der Waals surface area contributed by atoms with Crippen LogP contribution in [-0.4, -0.2) is 11.2 Å². The molecule has 0 saturated carbocycles. The summed E-state index contributed by atoms with van der Waals surface area (Å²) in [5.74, 6) is 1.05. The van der Waals surface area contributed by atoms with Crippen molar-refractivity contribution in [2.75, 3.05) is 6.61 Å². The van der Waals surface area contributed by atoms with Crippen molar-refractivity contribution >= 4 is 21.8 Å². The summed E-state index contributed by atoms with van der Waals surface area (Å²) in [5.41, 5.74) is 5.08. The summed E-state index contributed by atoms with van der Waals surface area (Å²) in [6, 6.07) is 23.7. The van der Waals surface area contributed by atoms with Crippen molar-refractivity contribution < 1.29 is 4.74 Å². The Balaban J connectivity index is 1.45. The van der Waals surface area contributed by atoms with Gasteiger partial charge in [0.15, 0.2) is 0 Å². The lowest BCUT2D eigenvalue weighted by Crippen LogP contribution is -2.03. The molecule has 0 amide bonds. The molecule has 0 radical (unpaired) electrons. The Kier molecular flexibility index (Phi) is 4.66. The van der Waals surface area contributed by atoms with E-state index in [4.69, 9.17) is 4.74 Å². The molecule has 4 rings (SSSR count). The first-order valence-corrected chi connectivity index (χ1v) is 9.40. The summed E-state index contributed by atoms with van der Waals surface area (Å²) >= 11 is 0. The molecule has 0 aliphatic rings. The van der Waals surface area contributed by atoms with Crippen molar-refractivity contribution in [2.45, 2.75) is 33.2 Å². The third-order valence-corrected chi connectivity index (χ3v) is 5.11. The van der Waals surface area contributed by atoms with Crippen LogP contribution in [0.2, 0.25) is 0 Å². The van der Waals surface area contributed by atoms with E-state index in [0.29, 0.717) is 0 Å². The number of ether oxygens (including phenoxy) is 1. The molecular formula is C24H25NO. The fourth-order valence-corrected chi connectivity index (χ4v) is 3.82. The minimum absolute atomic E-state index is 0.767. The Morgan fingerprint density at radius 3 is 1.88 bits per heavy atom. The zero-order chi connectivity index (χ0) is 17.9. The van der Waals surface area contributed by atoms with Crippen LogP contribution < -0.4 is 4.74 Å². The van der Waals surface area contributed by atoms with E-state index in [9.17, 15) is 0 Å². The number of benzene rings is 3. The van der Waals surface area contributed by atoms with E-state index >= 15 is 0 Å². The quantitative estimate of drug-likeness (QED) is 0.376. The van der Waals surface area contributed by atoms with Gasteiger partial charge in [-0.2, -0.15) is 0 Å². The number of hydrogen-bond donors (Lipinski definition) is 0. The second-order valence-corrected chi connectivity index (χ2v) is 6.96. The Morgan fingerprint density at radius 2 is 1.27 bits per heavy atom. The third kappa shape index (κ3) is 3.08. The van der Waals surface area contributed by atoms with Gasteiger partial charge in [0.1, 0.15) is 5.75 Å². The number of aromatic nitrogens is 1. The van der Waals surface area contributed by atoms with Crippen LogP contribution in [0.25, 0.3) is 21.8 Å². The van der Waals surface area contributed by atoms with Gasteiger partial charge < -0.3 is 9.30 Å². The molecule has 0 unspecified atom stereocenters. The molecule has 26 heavy (non-hydrogen) atoms. The van der Waals surface area contributed by atoms with Gasteiger partial charge in [0.2, 0.25) is 0 Å². The molecule has 0 spiro atoms. The van der Waals surface area contributed by atoms with Crippen molar-refractivity contribution in [3.05, 3.63) is 77.9 Å². The molecule has 132 valence electrons. The number of para-hydroxylation sites is 3. The van der Waals surface area contributed by atoms with Crippen LogP contribution in [-0.2, 0) is 6.54 Å². The Bertz CT molecular complexity index is 971. The molecule has 4 aromatic rings. The van der Waals surface area contributed by atoms with E-state index in [1.54, 1.807) is 0 Å². The van der Waals surface area contributed by atoms with Gasteiger partial charge in [0.25, 0.3) is 0 Å². The summed E-state index contributed by atoms with van der Waals surface area (Å²) in [6.07, 6.45) is 2.15. The molecule has 0 N–H and O–H groups in total. The number of nitrogens with zero attached hydrogens (tertiary/aromatic N) is 1. The van der Waals surface area contributed by atoms with Crippen molar-refractivity contribution in [2.24, 2.45) is 0 Å². The van der Waals surface area contributed by atoms with Crippen LogP contribution in [0.3, 0.4) is 0 Å².